The zero-order valence-electron chi connectivity index (χ0n) is 8.61. The van der Waals surface area contributed by atoms with Crippen molar-refractivity contribution < 1.29 is 17.6 Å². The molecule has 4 heteroatoms. The molecule has 0 aliphatic rings. The zero-order valence-corrected chi connectivity index (χ0v) is 8.61. The molecule has 0 fully saturated rings. The van der Waals surface area contributed by atoms with Gasteiger partial charge in [-0.05, 0) is 12.5 Å². The SMILES string of the molecule is [CH2]c1c(F)c(F)c(F)c(F)c1-c1ccccc1. The lowest BCUT2D eigenvalue weighted by atomic mass is 9.99. The summed E-state index contributed by atoms with van der Waals surface area (Å²) >= 11 is 0. The third-order valence-corrected chi connectivity index (χ3v) is 2.43. The highest BCUT2D eigenvalue weighted by atomic mass is 19.2. The van der Waals surface area contributed by atoms with E-state index in [0.29, 0.717) is 0 Å². The molecular formula is C13H7F4. The van der Waals surface area contributed by atoms with Crippen LogP contribution >= 0.6 is 0 Å². The molecule has 0 amide bonds. The maximum atomic E-state index is 13.6. The third kappa shape index (κ3) is 1.79. The number of halogens is 4. The molecule has 0 bridgehead atoms. The van der Waals surface area contributed by atoms with Gasteiger partial charge in [0.05, 0.1) is 0 Å². The molecule has 2 rings (SSSR count). The molecule has 87 valence electrons. The fraction of sp³-hybridized carbons (Fsp3) is 0. The second-order valence-electron chi connectivity index (χ2n) is 3.48. The molecule has 0 saturated heterocycles. The van der Waals surface area contributed by atoms with Crippen LogP contribution in [-0.4, -0.2) is 0 Å². The van der Waals surface area contributed by atoms with E-state index in [1.807, 2.05) is 0 Å². The van der Waals surface area contributed by atoms with Gasteiger partial charge in [0.2, 0.25) is 0 Å². The Kier molecular flexibility index (Phi) is 2.88. The van der Waals surface area contributed by atoms with Crippen LogP contribution in [0.15, 0.2) is 30.3 Å². The topological polar surface area (TPSA) is 0 Å². The summed E-state index contributed by atoms with van der Waals surface area (Å²) in [5.74, 6) is -6.57. The predicted octanol–water partition coefficient (Wildman–Crippen LogP) is 4.09. The molecule has 0 N–H and O–H groups in total. The molecule has 0 saturated carbocycles. The van der Waals surface area contributed by atoms with Gasteiger partial charge in [-0.3, -0.25) is 0 Å². The Morgan fingerprint density at radius 1 is 0.706 bits per heavy atom. The minimum atomic E-state index is -1.84. The first-order chi connectivity index (χ1) is 8.04. The first-order valence-corrected chi connectivity index (χ1v) is 4.77. The predicted molar refractivity (Wildman–Crippen MR) is 56.2 cm³/mol. The molecule has 17 heavy (non-hydrogen) atoms. The smallest absolute Gasteiger partial charge is 0.198 e. The highest BCUT2D eigenvalue weighted by Gasteiger charge is 2.23. The van der Waals surface area contributed by atoms with E-state index in [-0.39, 0.29) is 11.1 Å². The van der Waals surface area contributed by atoms with Crippen molar-refractivity contribution in [3.8, 4) is 11.1 Å². The molecule has 2 aromatic carbocycles. The van der Waals surface area contributed by atoms with Crippen LogP contribution < -0.4 is 0 Å². The van der Waals surface area contributed by atoms with Crippen LogP contribution in [0.2, 0.25) is 0 Å². The summed E-state index contributed by atoms with van der Waals surface area (Å²) in [6.07, 6.45) is 0. The van der Waals surface area contributed by atoms with E-state index in [1.54, 1.807) is 18.2 Å². The second-order valence-corrected chi connectivity index (χ2v) is 3.48. The molecule has 0 spiro atoms. The summed E-state index contributed by atoms with van der Waals surface area (Å²) in [7, 11) is 0. The summed E-state index contributed by atoms with van der Waals surface area (Å²) in [5.41, 5.74) is -0.609. The number of benzene rings is 2. The molecular weight excluding hydrogens is 232 g/mol. The Balaban J connectivity index is 2.80. The normalized spacial score (nSPS) is 10.6. The Bertz CT molecular complexity index is 532. The lowest BCUT2D eigenvalue weighted by molar-refractivity contribution is 0.409. The average molecular weight is 239 g/mol. The molecule has 2 aromatic rings. The first-order valence-electron chi connectivity index (χ1n) is 4.77. The lowest BCUT2D eigenvalue weighted by Gasteiger charge is -2.10. The first kappa shape index (κ1) is 11.6. The standard InChI is InChI=1S/C13H7F4/c1-7-9(8-5-3-2-4-6-8)11(15)13(17)12(16)10(7)14/h2-6H,1H2. The van der Waals surface area contributed by atoms with Gasteiger partial charge in [0.1, 0.15) is 0 Å². The minimum Gasteiger partial charge on any atom is -0.203 e. The van der Waals surface area contributed by atoms with Gasteiger partial charge in [0.25, 0.3) is 0 Å². The Hall–Kier alpha value is -1.84. The lowest BCUT2D eigenvalue weighted by Crippen LogP contribution is -2.02. The van der Waals surface area contributed by atoms with Crippen molar-refractivity contribution >= 4 is 0 Å². The Morgan fingerprint density at radius 3 is 1.82 bits per heavy atom. The van der Waals surface area contributed by atoms with Crippen molar-refractivity contribution in [3.05, 3.63) is 66.1 Å². The van der Waals surface area contributed by atoms with Crippen molar-refractivity contribution in [1.82, 2.24) is 0 Å². The van der Waals surface area contributed by atoms with Crippen LogP contribution in [0.25, 0.3) is 11.1 Å². The molecule has 0 atom stereocenters. The summed E-state index contributed by atoms with van der Waals surface area (Å²) in [5, 5.41) is 0. The van der Waals surface area contributed by atoms with Crippen molar-refractivity contribution in [2.45, 2.75) is 0 Å². The van der Waals surface area contributed by atoms with E-state index in [2.05, 4.69) is 6.92 Å². The van der Waals surface area contributed by atoms with E-state index >= 15 is 0 Å². The maximum Gasteiger partial charge on any atom is 0.198 e. The van der Waals surface area contributed by atoms with Crippen molar-refractivity contribution in [2.24, 2.45) is 0 Å². The number of hydrogen-bond acceptors (Lipinski definition) is 0. The Labute approximate surface area is 95.5 Å². The van der Waals surface area contributed by atoms with Crippen LogP contribution in [0.5, 0.6) is 0 Å². The van der Waals surface area contributed by atoms with Crippen molar-refractivity contribution in [2.75, 3.05) is 0 Å². The zero-order chi connectivity index (χ0) is 12.6. The van der Waals surface area contributed by atoms with Crippen molar-refractivity contribution in [1.29, 1.82) is 0 Å². The molecule has 0 heterocycles. The number of hydrogen-bond donors (Lipinski definition) is 0. The molecule has 0 aromatic heterocycles. The van der Waals surface area contributed by atoms with Gasteiger partial charge in [0.15, 0.2) is 23.3 Å². The molecule has 0 unspecified atom stereocenters. The van der Waals surface area contributed by atoms with Gasteiger partial charge in [-0.25, -0.2) is 17.6 Å². The molecule has 0 nitrogen and oxygen atoms in total. The van der Waals surface area contributed by atoms with Gasteiger partial charge in [0, 0.05) is 11.1 Å². The van der Waals surface area contributed by atoms with E-state index in [1.165, 1.54) is 12.1 Å². The molecule has 0 aliphatic heterocycles. The highest BCUT2D eigenvalue weighted by Crippen LogP contribution is 2.31. The van der Waals surface area contributed by atoms with E-state index in [0.717, 1.165) is 0 Å². The van der Waals surface area contributed by atoms with Gasteiger partial charge >= 0.3 is 0 Å². The van der Waals surface area contributed by atoms with Crippen LogP contribution in [0.3, 0.4) is 0 Å². The highest BCUT2D eigenvalue weighted by molar-refractivity contribution is 5.69. The summed E-state index contributed by atoms with van der Waals surface area (Å²) in [6.45, 7) is 3.24. The molecule has 0 aliphatic carbocycles. The van der Waals surface area contributed by atoms with Crippen molar-refractivity contribution in [3.63, 3.8) is 0 Å². The molecule has 1 radical (unpaired) electrons. The fourth-order valence-corrected chi connectivity index (χ4v) is 1.58. The second kappa shape index (κ2) is 4.20. The van der Waals surface area contributed by atoms with E-state index in [4.69, 9.17) is 0 Å². The summed E-state index contributed by atoms with van der Waals surface area (Å²) < 4.78 is 52.9. The Morgan fingerprint density at radius 2 is 1.24 bits per heavy atom. The van der Waals surface area contributed by atoms with Gasteiger partial charge < -0.3 is 0 Å². The average Bonchev–Trinajstić information content (AvgIpc) is 2.36. The van der Waals surface area contributed by atoms with Crippen LogP contribution in [0, 0.1) is 30.2 Å². The summed E-state index contributed by atoms with van der Waals surface area (Å²) in [6, 6.07) is 7.74. The summed E-state index contributed by atoms with van der Waals surface area (Å²) in [4.78, 5) is 0. The van der Waals surface area contributed by atoms with Crippen LogP contribution in [0.1, 0.15) is 5.56 Å². The van der Waals surface area contributed by atoms with Gasteiger partial charge in [-0.2, -0.15) is 0 Å². The van der Waals surface area contributed by atoms with Crippen LogP contribution in [-0.2, 0) is 0 Å². The van der Waals surface area contributed by atoms with Crippen LogP contribution in [0.4, 0.5) is 17.6 Å². The third-order valence-electron chi connectivity index (χ3n) is 2.43. The van der Waals surface area contributed by atoms with Gasteiger partial charge in [-0.1, -0.05) is 30.3 Å². The number of rotatable bonds is 1. The monoisotopic (exact) mass is 239 g/mol. The van der Waals surface area contributed by atoms with E-state index < -0.39 is 28.8 Å². The quantitative estimate of drug-likeness (QED) is 0.399. The van der Waals surface area contributed by atoms with Gasteiger partial charge in [-0.15, -0.1) is 0 Å². The largest absolute Gasteiger partial charge is 0.203 e. The van der Waals surface area contributed by atoms with E-state index in [9.17, 15) is 17.6 Å². The fourth-order valence-electron chi connectivity index (χ4n) is 1.58. The minimum absolute atomic E-state index is 0.243. The maximum absolute atomic E-state index is 13.6.